The number of piperidine rings is 1. The van der Waals surface area contributed by atoms with Crippen LogP contribution in [-0.4, -0.2) is 35.9 Å². The van der Waals surface area contributed by atoms with Crippen LogP contribution in [-0.2, 0) is 0 Å². The summed E-state index contributed by atoms with van der Waals surface area (Å²) in [5.74, 6) is -1.32. The van der Waals surface area contributed by atoms with Crippen molar-refractivity contribution in [3.05, 3.63) is 45.7 Å². The number of carbonyl (C=O) groups is 2. The Kier molecular flexibility index (Phi) is 5.62. The molecule has 132 valence electrons. The molecule has 1 fully saturated rings. The van der Waals surface area contributed by atoms with Gasteiger partial charge in [0.25, 0.3) is 11.8 Å². The monoisotopic (exact) mass is 382 g/mol. The number of carbonyl (C=O) groups excluding carboxylic acids is 2. The minimum Gasteiger partial charge on any atom is -0.348 e. The molecular formula is C16H16ClFN4O2S. The Balaban J connectivity index is 1.61. The first kappa shape index (κ1) is 17.8. The van der Waals surface area contributed by atoms with Gasteiger partial charge in [-0.2, -0.15) is 0 Å². The lowest BCUT2D eigenvalue weighted by Gasteiger charge is -2.23. The Morgan fingerprint density at radius 2 is 2.04 bits per heavy atom. The molecular weight excluding hydrogens is 367 g/mol. The summed E-state index contributed by atoms with van der Waals surface area (Å²) in [6.07, 6.45) is 1.76. The molecule has 3 rings (SSSR count). The van der Waals surface area contributed by atoms with Crippen LogP contribution in [0.2, 0.25) is 5.02 Å². The van der Waals surface area contributed by atoms with E-state index < -0.39 is 11.7 Å². The summed E-state index contributed by atoms with van der Waals surface area (Å²) in [7, 11) is 0. The van der Waals surface area contributed by atoms with Crippen LogP contribution in [0.15, 0.2) is 23.6 Å². The largest absolute Gasteiger partial charge is 0.348 e. The van der Waals surface area contributed by atoms with Crippen molar-refractivity contribution in [2.45, 2.75) is 18.9 Å². The van der Waals surface area contributed by atoms with Crippen molar-refractivity contribution in [2.75, 3.05) is 18.4 Å². The molecule has 0 saturated carbocycles. The Bertz CT molecular complexity index is 792. The van der Waals surface area contributed by atoms with Crippen molar-refractivity contribution in [2.24, 2.45) is 0 Å². The van der Waals surface area contributed by atoms with Crippen LogP contribution in [0.3, 0.4) is 0 Å². The van der Waals surface area contributed by atoms with Gasteiger partial charge >= 0.3 is 0 Å². The molecule has 3 N–H and O–H groups in total. The van der Waals surface area contributed by atoms with E-state index in [-0.39, 0.29) is 28.2 Å². The highest BCUT2D eigenvalue weighted by molar-refractivity contribution is 7.14. The van der Waals surface area contributed by atoms with E-state index in [1.54, 1.807) is 5.38 Å². The SMILES string of the molecule is O=C(Nc1nc(C(=O)NC2CCNCC2)cs1)c1ccc(F)c(Cl)c1. The first-order chi connectivity index (χ1) is 12.0. The van der Waals surface area contributed by atoms with Gasteiger partial charge in [-0.1, -0.05) is 11.6 Å². The van der Waals surface area contributed by atoms with E-state index in [0.29, 0.717) is 5.13 Å². The summed E-state index contributed by atoms with van der Waals surface area (Å²) < 4.78 is 13.2. The zero-order chi connectivity index (χ0) is 17.8. The summed E-state index contributed by atoms with van der Waals surface area (Å²) in [6.45, 7) is 1.76. The van der Waals surface area contributed by atoms with E-state index in [9.17, 15) is 14.0 Å². The van der Waals surface area contributed by atoms with Gasteiger partial charge in [0.2, 0.25) is 0 Å². The van der Waals surface area contributed by atoms with Gasteiger partial charge in [0.15, 0.2) is 5.13 Å². The van der Waals surface area contributed by atoms with Crippen molar-refractivity contribution < 1.29 is 14.0 Å². The van der Waals surface area contributed by atoms with Crippen molar-refractivity contribution in [1.29, 1.82) is 0 Å². The van der Waals surface area contributed by atoms with E-state index in [2.05, 4.69) is 20.9 Å². The Hall–Kier alpha value is -2.03. The van der Waals surface area contributed by atoms with Crippen LogP contribution < -0.4 is 16.0 Å². The highest BCUT2D eigenvalue weighted by Crippen LogP contribution is 2.19. The number of hydrogen-bond acceptors (Lipinski definition) is 5. The van der Waals surface area contributed by atoms with E-state index in [1.807, 2.05) is 0 Å². The average molecular weight is 383 g/mol. The molecule has 0 bridgehead atoms. The van der Waals surface area contributed by atoms with Gasteiger partial charge in [-0.25, -0.2) is 9.37 Å². The maximum Gasteiger partial charge on any atom is 0.271 e. The smallest absolute Gasteiger partial charge is 0.271 e. The second-order valence-corrected chi connectivity index (χ2v) is 6.88. The molecule has 25 heavy (non-hydrogen) atoms. The topological polar surface area (TPSA) is 83.1 Å². The first-order valence-corrected chi connectivity index (χ1v) is 9.02. The standard InChI is InChI=1S/C16H16ClFN4O2S/c17-11-7-9(1-2-12(11)18)14(23)22-16-21-13(8-25-16)15(24)20-10-3-5-19-6-4-10/h1-2,7-8,10,19H,3-6H2,(H,20,24)(H,21,22,23). The molecule has 1 aromatic carbocycles. The van der Waals surface area contributed by atoms with E-state index in [4.69, 9.17) is 11.6 Å². The number of amides is 2. The first-order valence-electron chi connectivity index (χ1n) is 7.76. The third-order valence-electron chi connectivity index (χ3n) is 3.81. The molecule has 0 aliphatic carbocycles. The van der Waals surface area contributed by atoms with E-state index in [1.165, 1.54) is 12.1 Å². The fraction of sp³-hybridized carbons (Fsp3) is 0.312. The quantitative estimate of drug-likeness (QED) is 0.759. The number of anilines is 1. The molecule has 1 aromatic heterocycles. The molecule has 1 aliphatic heterocycles. The molecule has 2 amide bonds. The van der Waals surface area contributed by atoms with Gasteiger partial charge in [-0.05, 0) is 44.1 Å². The highest BCUT2D eigenvalue weighted by atomic mass is 35.5. The number of benzene rings is 1. The number of aromatic nitrogens is 1. The third-order valence-corrected chi connectivity index (χ3v) is 4.86. The normalized spacial score (nSPS) is 15.0. The number of hydrogen-bond donors (Lipinski definition) is 3. The molecule has 0 spiro atoms. The zero-order valence-corrected chi connectivity index (χ0v) is 14.7. The van der Waals surface area contributed by atoms with Gasteiger partial charge in [0.1, 0.15) is 11.5 Å². The number of nitrogens with one attached hydrogen (secondary N) is 3. The maximum atomic E-state index is 13.2. The van der Waals surface area contributed by atoms with Crippen molar-refractivity contribution in [3.8, 4) is 0 Å². The van der Waals surface area contributed by atoms with Gasteiger partial charge in [-0.3, -0.25) is 14.9 Å². The lowest BCUT2D eigenvalue weighted by molar-refractivity contribution is 0.0924. The molecule has 1 saturated heterocycles. The highest BCUT2D eigenvalue weighted by Gasteiger charge is 2.19. The molecule has 0 atom stereocenters. The molecule has 2 aromatic rings. The minimum atomic E-state index is -0.593. The second-order valence-electron chi connectivity index (χ2n) is 5.62. The van der Waals surface area contributed by atoms with Crippen molar-refractivity contribution >= 4 is 39.9 Å². The maximum absolute atomic E-state index is 13.2. The summed E-state index contributed by atoms with van der Waals surface area (Å²) in [4.78, 5) is 28.5. The summed E-state index contributed by atoms with van der Waals surface area (Å²) in [6, 6.07) is 3.83. The van der Waals surface area contributed by atoms with Gasteiger partial charge in [0.05, 0.1) is 5.02 Å². The van der Waals surface area contributed by atoms with Crippen LogP contribution in [0.4, 0.5) is 9.52 Å². The van der Waals surface area contributed by atoms with Crippen LogP contribution in [0, 0.1) is 5.82 Å². The average Bonchev–Trinajstić information content (AvgIpc) is 3.07. The summed E-state index contributed by atoms with van der Waals surface area (Å²) >= 11 is 6.82. The van der Waals surface area contributed by atoms with Gasteiger partial charge in [-0.15, -0.1) is 11.3 Å². The molecule has 9 heteroatoms. The van der Waals surface area contributed by atoms with E-state index >= 15 is 0 Å². The van der Waals surface area contributed by atoms with Crippen LogP contribution in [0.25, 0.3) is 0 Å². The van der Waals surface area contributed by atoms with Gasteiger partial charge in [0, 0.05) is 17.0 Å². The van der Waals surface area contributed by atoms with Crippen LogP contribution >= 0.6 is 22.9 Å². The summed E-state index contributed by atoms with van der Waals surface area (Å²) in [5, 5.41) is 10.5. The molecule has 0 radical (unpaired) electrons. The zero-order valence-electron chi connectivity index (χ0n) is 13.1. The number of rotatable bonds is 4. The van der Waals surface area contributed by atoms with Crippen molar-refractivity contribution in [3.63, 3.8) is 0 Å². The molecule has 6 nitrogen and oxygen atoms in total. The van der Waals surface area contributed by atoms with Gasteiger partial charge < -0.3 is 10.6 Å². The Labute approximate surface area is 152 Å². The lowest BCUT2D eigenvalue weighted by atomic mass is 10.1. The van der Waals surface area contributed by atoms with Crippen LogP contribution in [0.5, 0.6) is 0 Å². The fourth-order valence-electron chi connectivity index (χ4n) is 2.47. The number of nitrogens with zero attached hydrogens (tertiary/aromatic N) is 1. The minimum absolute atomic E-state index is 0.131. The summed E-state index contributed by atoms with van der Waals surface area (Å²) in [5.41, 5.74) is 0.471. The second kappa shape index (κ2) is 7.90. The van der Waals surface area contributed by atoms with E-state index in [0.717, 1.165) is 43.3 Å². The molecule has 1 aliphatic rings. The Morgan fingerprint density at radius 3 is 2.76 bits per heavy atom. The predicted octanol–water partition coefficient (Wildman–Crippen LogP) is 2.67. The lowest BCUT2D eigenvalue weighted by Crippen LogP contribution is -2.42. The molecule has 2 heterocycles. The number of halogens is 2. The Morgan fingerprint density at radius 1 is 1.28 bits per heavy atom. The molecule has 0 unspecified atom stereocenters. The number of thiazole rings is 1. The van der Waals surface area contributed by atoms with Crippen molar-refractivity contribution in [1.82, 2.24) is 15.6 Å². The fourth-order valence-corrected chi connectivity index (χ4v) is 3.33. The predicted molar refractivity (Wildman–Crippen MR) is 94.8 cm³/mol. The third kappa shape index (κ3) is 4.53. The van der Waals surface area contributed by atoms with Crippen LogP contribution in [0.1, 0.15) is 33.7 Å².